The third-order valence-electron chi connectivity index (χ3n) is 9.32. The molecule has 2 amide bonds. The van der Waals surface area contributed by atoms with Crippen molar-refractivity contribution in [3.63, 3.8) is 0 Å². The van der Waals surface area contributed by atoms with E-state index in [9.17, 15) is 28.2 Å². The fourth-order valence-electron chi connectivity index (χ4n) is 6.66. The number of hydrogen-bond donors (Lipinski definition) is 4. The van der Waals surface area contributed by atoms with E-state index in [1.807, 2.05) is 76.1 Å². The highest BCUT2D eigenvalue weighted by Gasteiger charge is 2.40. The molecule has 2 aromatic carbocycles. The number of aryl methyl sites for hydroxylation is 2. The number of benzene rings is 2. The summed E-state index contributed by atoms with van der Waals surface area (Å²) in [6.45, 7) is 9.90. The van der Waals surface area contributed by atoms with Crippen molar-refractivity contribution in [3.8, 4) is 16.3 Å². The molecule has 0 spiro atoms. The number of aliphatic hydroxyl groups excluding tert-OH is 1. The Balaban J connectivity index is 1.32. The molecule has 54 heavy (non-hydrogen) atoms. The van der Waals surface area contributed by atoms with Crippen molar-refractivity contribution in [2.45, 2.75) is 81.1 Å². The van der Waals surface area contributed by atoms with Crippen LogP contribution in [0.5, 0.6) is 5.75 Å². The van der Waals surface area contributed by atoms with E-state index in [0.29, 0.717) is 22.1 Å². The van der Waals surface area contributed by atoms with Crippen molar-refractivity contribution < 1.29 is 28.2 Å². The molecule has 0 radical (unpaired) electrons. The first-order chi connectivity index (χ1) is 25.5. The van der Waals surface area contributed by atoms with E-state index in [0.717, 1.165) is 33.6 Å². The minimum atomic E-state index is -3.96. The van der Waals surface area contributed by atoms with Crippen molar-refractivity contribution in [3.05, 3.63) is 89.1 Å². The van der Waals surface area contributed by atoms with E-state index >= 15 is 0 Å². The summed E-state index contributed by atoms with van der Waals surface area (Å²) in [6.07, 6.45) is 3.04. The van der Waals surface area contributed by atoms with Gasteiger partial charge >= 0.3 is 0 Å². The zero-order valence-electron chi connectivity index (χ0n) is 31.6. The number of thiophene rings is 1. The Hall–Kier alpha value is -3.86. The van der Waals surface area contributed by atoms with Crippen molar-refractivity contribution in [2.24, 2.45) is 5.92 Å². The predicted octanol–water partition coefficient (Wildman–Crippen LogP) is 4.77. The normalized spacial score (nSPS) is 16.8. The number of aromatic nitrogens is 2. The fraction of sp³-hybridized carbons (Fsp3) is 0.436. The van der Waals surface area contributed by atoms with Gasteiger partial charge in [-0.1, -0.05) is 42.1 Å². The second kappa shape index (κ2) is 17.7. The van der Waals surface area contributed by atoms with Crippen LogP contribution in [0.3, 0.4) is 0 Å². The molecule has 0 aliphatic carbocycles. The van der Waals surface area contributed by atoms with Gasteiger partial charge in [-0.05, 0) is 106 Å². The van der Waals surface area contributed by atoms with Gasteiger partial charge in [-0.15, -0.1) is 11.3 Å². The average Bonchev–Trinajstić information content (AvgIpc) is 3.62. The van der Waals surface area contributed by atoms with Gasteiger partial charge in [0.25, 0.3) is 10.0 Å². The first-order valence-corrected chi connectivity index (χ1v) is 21.3. The van der Waals surface area contributed by atoms with Gasteiger partial charge < -0.3 is 20.8 Å². The van der Waals surface area contributed by atoms with E-state index < -0.39 is 33.6 Å². The third kappa shape index (κ3) is 10.7. The Bertz CT molecular complexity index is 2010. The Morgan fingerprint density at radius 3 is 2.43 bits per heavy atom. The lowest BCUT2D eigenvalue weighted by atomic mass is 9.92. The number of aliphatic hydroxyl groups is 1. The number of piperazine rings is 1. The average molecular weight is 795 g/mol. The number of sulfonamides is 1. The van der Waals surface area contributed by atoms with Gasteiger partial charge in [0.2, 0.25) is 11.8 Å². The fourth-order valence-corrected chi connectivity index (χ4v) is 9.88. The second-order valence-electron chi connectivity index (χ2n) is 14.7. The smallest absolute Gasteiger partial charge is 0.252 e. The van der Waals surface area contributed by atoms with E-state index in [4.69, 9.17) is 0 Å². The van der Waals surface area contributed by atoms with Crippen LogP contribution < -0.4 is 10.6 Å². The van der Waals surface area contributed by atoms with Crippen LogP contribution in [0, 0.1) is 19.8 Å². The largest absolute Gasteiger partial charge is 0.508 e. The molecule has 0 unspecified atom stereocenters. The summed E-state index contributed by atoms with van der Waals surface area (Å²) in [6, 6.07) is 17.1. The number of phenolic OH excluding ortho intramolecular Hbond substituents is 1. The zero-order valence-corrected chi connectivity index (χ0v) is 34.0. The number of rotatable bonds is 14. The van der Waals surface area contributed by atoms with Gasteiger partial charge in [0.05, 0.1) is 16.7 Å². The monoisotopic (exact) mass is 794 g/mol. The van der Waals surface area contributed by atoms with E-state index in [2.05, 4.69) is 20.6 Å². The van der Waals surface area contributed by atoms with Crippen LogP contribution in [0.15, 0.2) is 76.2 Å². The van der Waals surface area contributed by atoms with Crippen LogP contribution in [-0.4, -0.2) is 99.7 Å². The lowest BCUT2D eigenvalue weighted by molar-refractivity contribution is -0.131. The number of carbonyl (C=O) groups excluding carboxylic acids is 2. The topological polar surface area (TPSA) is 165 Å². The highest BCUT2D eigenvalue weighted by Crippen LogP contribution is 2.33. The molecule has 0 saturated carbocycles. The maximum absolute atomic E-state index is 14.0. The number of aromatic hydroxyl groups is 1. The predicted molar refractivity (Wildman–Crippen MR) is 213 cm³/mol. The number of carbonyl (C=O) groups is 2. The van der Waals surface area contributed by atoms with E-state index in [1.54, 1.807) is 36.5 Å². The molecule has 5 rings (SSSR count). The molecule has 1 fully saturated rings. The molecule has 1 aliphatic heterocycles. The molecule has 2 aromatic heterocycles. The zero-order chi connectivity index (χ0) is 39.2. The number of β-amino-alcohol motifs (C(OH)–C–C–N with tert-alkyl or cyclic N) is 1. The van der Waals surface area contributed by atoms with Crippen molar-refractivity contribution >= 4 is 44.9 Å². The highest BCUT2D eigenvalue weighted by molar-refractivity contribution is 7.98. The number of nitrogens with zero attached hydrogens (tertiary/aromatic N) is 4. The van der Waals surface area contributed by atoms with Crippen LogP contribution in [-0.2, 0) is 32.6 Å². The highest BCUT2D eigenvalue weighted by atomic mass is 32.2. The molecule has 15 heteroatoms. The van der Waals surface area contributed by atoms with Crippen molar-refractivity contribution in [1.82, 2.24) is 29.8 Å². The maximum atomic E-state index is 14.0. The van der Waals surface area contributed by atoms with Gasteiger partial charge in [-0.25, -0.2) is 18.4 Å². The minimum Gasteiger partial charge on any atom is -0.508 e. The second-order valence-corrected chi connectivity index (χ2v) is 18.7. The number of thioether (sulfide) groups is 1. The standard InChI is InChI=1S/C39H50N6O6S3/c1-25-18-29(46)19-26(2)31(25)22-41-36(48)28(20-27-10-8-7-9-11-27)21-30(47)23-44-16-17-45(24-33(44)37(49)43-39(3,4)5)54(50,51)35-13-12-34(53-35)32-14-15-40-38(42-32)52-6/h7-15,18-19,28,30,33,46-47H,16-17,20-24H2,1-6H3,(H,41,48)(H,43,49)/t28-,30-,33-/m1/s1. The first kappa shape index (κ1) is 41.3. The summed E-state index contributed by atoms with van der Waals surface area (Å²) in [4.78, 5) is 38.8. The van der Waals surface area contributed by atoms with Gasteiger partial charge in [0.1, 0.15) is 16.0 Å². The van der Waals surface area contributed by atoms with Crippen LogP contribution in [0.25, 0.3) is 10.6 Å². The molecule has 4 N–H and O–H groups in total. The van der Waals surface area contributed by atoms with Crippen molar-refractivity contribution in [2.75, 3.05) is 32.4 Å². The molecule has 0 bridgehead atoms. The minimum absolute atomic E-state index is 0.0689. The Morgan fingerprint density at radius 2 is 1.76 bits per heavy atom. The molecule has 3 heterocycles. The number of hydrogen-bond acceptors (Lipinski definition) is 11. The van der Waals surface area contributed by atoms with E-state index in [1.165, 1.54) is 16.1 Å². The summed E-state index contributed by atoms with van der Waals surface area (Å²) < 4.78 is 29.5. The molecule has 290 valence electrons. The van der Waals surface area contributed by atoms with Crippen LogP contribution in [0.2, 0.25) is 0 Å². The Kier molecular flexibility index (Phi) is 13.6. The van der Waals surface area contributed by atoms with Gasteiger partial charge in [-0.3, -0.25) is 14.5 Å². The number of phenols is 1. The molecule has 12 nitrogen and oxygen atoms in total. The van der Waals surface area contributed by atoms with Crippen molar-refractivity contribution in [1.29, 1.82) is 0 Å². The van der Waals surface area contributed by atoms with Gasteiger partial charge in [-0.2, -0.15) is 4.31 Å². The Morgan fingerprint density at radius 1 is 1.06 bits per heavy atom. The molecule has 4 aromatic rings. The molecule has 1 aliphatic rings. The molecular weight excluding hydrogens is 745 g/mol. The summed E-state index contributed by atoms with van der Waals surface area (Å²) in [5.74, 6) is -0.976. The third-order valence-corrected chi connectivity index (χ3v) is 13.3. The van der Waals surface area contributed by atoms with Gasteiger partial charge in [0, 0.05) is 50.4 Å². The van der Waals surface area contributed by atoms with E-state index in [-0.39, 0.29) is 60.9 Å². The quantitative estimate of drug-likeness (QED) is 0.103. The first-order valence-electron chi connectivity index (χ1n) is 17.9. The van der Waals surface area contributed by atoms with Crippen LogP contribution in [0.4, 0.5) is 0 Å². The SMILES string of the molecule is CSc1nccc(-c2ccc(S(=O)(=O)N3CCN(C[C@H](O)C[C@@H](Cc4ccccc4)C(=O)NCc4c(C)cc(O)cc4C)[C@@H](C(=O)NC(C)(C)C)C3)s2)n1. The number of amides is 2. The lowest BCUT2D eigenvalue weighted by Crippen LogP contribution is -2.62. The summed E-state index contributed by atoms with van der Waals surface area (Å²) in [5, 5.41) is 28.2. The van der Waals surface area contributed by atoms with Crippen LogP contribution in [0.1, 0.15) is 49.4 Å². The summed E-state index contributed by atoms with van der Waals surface area (Å²) >= 11 is 2.52. The molecule has 3 atom stereocenters. The number of nitrogens with one attached hydrogen (secondary N) is 2. The maximum Gasteiger partial charge on any atom is 0.252 e. The van der Waals surface area contributed by atoms with Crippen LogP contribution >= 0.6 is 23.1 Å². The molecule has 1 saturated heterocycles. The lowest BCUT2D eigenvalue weighted by Gasteiger charge is -2.41. The Labute approximate surface area is 326 Å². The van der Waals surface area contributed by atoms with Gasteiger partial charge in [0.15, 0.2) is 5.16 Å². The summed E-state index contributed by atoms with van der Waals surface area (Å²) in [5.41, 5.74) is 3.64. The summed E-state index contributed by atoms with van der Waals surface area (Å²) in [7, 11) is -3.96. The molecular formula is C39H50N6O6S3.